The Labute approximate surface area is 195 Å². The van der Waals surface area contributed by atoms with E-state index >= 15 is 0 Å². The van der Waals surface area contributed by atoms with Gasteiger partial charge < -0.3 is 15.1 Å². The summed E-state index contributed by atoms with van der Waals surface area (Å²) in [5.41, 5.74) is 4.30. The molecule has 1 heterocycles. The van der Waals surface area contributed by atoms with Crippen LogP contribution >= 0.6 is 23.2 Å². The summed E-state index contributed by atoms with van der Waals surface area (Å²) in [6.07, 6.45) is -5.70. The van der Waals surface area contributed by atoms with Crippen LogP contribution in [0.15, 0.2) is 36.4 Å². The van der Waals surface area contributed by atoms with Gasteiger partial charge in [0.15, 0.2) is 0 Å². The standard InChI is InChI=1S/C20H23Cl2N3O.C2HF3O/c1-24(2)12-20(26)23-15-6-4-13(5-7-15)17-10-25(3)11-18-16(17)8-14(21)9-19(18)22;3-2(4,5)1-6/h4-9,17H,10-12H2,1-3H3,(H,23,26);1H. The van der Waals surface area contributed by atoms with E-state index in [0.717, 1.165) is 29.4 Å². The molecule has 0 bridgehead atoms. The van der Waals surface area contributed by atoms with E-state index in [1.54, 1.807) is 0 Å². The summed E-state index contributed by atoms with van der Waals surface area (Å²) in [7, 11) is 5.84. The number of benzene rings is 2. The third-order valence-corrected chi connectivity index (χ3v) is 5.24. The van der Waals surface area contributed by atoms with E-state index in [0.29, 0.717) is 11.6 Å². The molecular weight excluding hydrogens is 466 g/mol. The number of fused-ring (bicyclic) bond motifs is 1. The first-order valence-corrected chi connectivity index (χ1v) is 10.4. The lowest BCUT2D eigenvalue weighted by atomic mass is 9.84. The van der Waals surface area contributed by atoms with Crippen LogP contribution in [0.2, 0.25) is 10.0 Å². The molecule has 1 N–H and O–H groups in total. The van der Waals surface area contributed by atoms with E-state index in [2.05, 4.69) is 29.4 Å². The number of anilines is 1. The normalized spacial score (nSPS) is 16.1. The molecule has 0 radical (unpaired) electrons. The van der Waals surface area contributed by atoms with Gasteiger partial charge in [0, 0.05) is 34.7 Å². The van der Waals surface area contributed by atoms with Crippen molar-refractivity contribution in [3.63, 3.8) is 0 Å². The predicted octanol–water partition coefficient (Wildman–Crippen LogP) is 4.82. The van der Waals surface area contributed by atoms with Crippen LogP contribution in [0.25, 0.3) is 0 Å². The summed E-state index contributed by atoms with van der Waals surface area (Å²) in [6.45, 7) is 2.08. The molecule has 0 aromatic heterocycles. The lowest BCUT2D eigenvalue weighted by Gasteiger charge is -2.33. The molecule has 174 valence electrons. The van der Waals surface area contributed by atoms with Gasteiger partial charge in [-0.05, 0) is 62.1 Å². The quantitative estimate of drug-likeness (QED) is 0.625. The molecular formula is C22H24Cl2F3N3O2. The highest BCUT2D eigenvalue weighted by Crippen LogP contribution is 2.38. The number of carbonyl (C=O) groups is 2. The maximum absolute atomic E-state index is 11.9. The predicted molar refractivity (Wildman–Crippen MR) is 120 cm³/mol. The van der Waals surface area contributed by atoms with Crippen molar-refractivity contribution < 1.29 is 22.8 Å². The molecule has 0 saturated carbocycles. The largest absolute Gasteiger partial charge is 0.446 e. The molecule has 1 unspecified atom stereocenters. The Morgan fingerprint density at radius 1 is 1.22 bits per heavy atom. The van der Waals surface area contributed by atoms with Crippen molar-refractivity contribution in [1.29, 1.82) is 0 Å². The molecule has 5 nitrogen and oxygen atoms in total. The van der Waals surface area contributed by atoms with Crippen molar-refractivity contribution in [1.82, 2.24) is 9.80 Å². The molecule has 0 aliphatic carbocycles. The average Bonchev–Trinajstić information content (AvgIpc) is 2.68. The molecule has 1 amide bonds. The molecule has 0 fully saturated rings. The van der Waals surface area contributed by atoms with Gasteiger partial charge in [-0.1, -0.05) is 35.3 Å². The molecule has 2 aromatic carbocycles. The van der Waals surface area contributed by atoms with E-state index in [4.69, 9.17) is 28.0 Å². The minimum atomic E-state index is -4.64. The van der Waals surface area contributed by atoms with Crippen LogP contribution in [0, 0.1) is 0 Å². The first-order valence-electron chi connectivity index (χ1n) is 9.63. The molecule has 0 spiro atoms. The number of aldehydes is 1. The van der Waals surface area contributed by atoms with Crippen molar-refractivity contribution in [2.24, 2.45) is 0 Å². The first kappa shape index (κ1) is 26.1. The number of nitrogens with zero attached hydrogens (tertiary/aromatic N) is 2. The molecule has 32 heavy (non-hydrogen) atoms. The van der Waals surface area contributed by atoms with Crippen LogP contribution < -0.4 is 5.32 Å². The summed E-state index contributed by atoms with van der Waals surface area (Å²) in [4.78, 5) is 24.7. The highest BCUT2D eigenvalue weighted by Gasteiger charge is 2.27. The number of amides is 1. The number of nitrogens with one attached hydrogen (secondary N) is 1. The van der Waals surface area contributed by atoms with Gasteiger partial charge in [-0.2, -0.15) is 13.2 Å². The minimum absolute atomic E-state index is 0.0240. The van der Waals surface area contributed by atoms with E-state index < -0.39 is 12.5 Å². The van der Waals surface area contributed by atoms with Gasteiger partial charge in [-0.25, -0.2) is 0 Å². The number of hydrogen-bond acceptors (Lipinski definition) is 4. The third kappa shape index (κ3) is 7.78. The summed E-state index contributed by atoms with van der Waals surface area (Å²) in [5.74, 6) is 0.176. The van der Waals surface area contributed by atoms with Crippen LogP contribution in [0.3, 0.4) is 0 Å². The van der Waals surface area contributed by atoms with E-state index in [1.807, 2.05) is 43.3 Å². The summed E-state index contributed by atoms with van der Waals surface area (Å²) < 4.78 is 31.2. The Kier molecular flexibility index (Phi) is 9.09. The summed E-state index contributed by atoms with van der Waals surface area (Å²) >= 11 is 12.7. The molecule has 1 aliphatic rings. The average molecular weight is 490 g/mol. The third-order valence-electron chi connectivity index (χ3n) is 4.68. The van der Waals surface area contributed by atoms with Crippen molar-refractivity contribution in [2.45, 2.75) is 18.6 Å². The number of alkyl halides is 3. The zero-order valence-electron chi connectivity index (χ0n) is 17.8. The van der Waals surface area contributed by atoms with Crippen LogP contribution in [0.4, 0.5) is 18.9 Å². The molecule has 10 heteroatoms. The summed E-state index contributed by atoms with van der Waals surface area (Å²) in [6, 6.07) is 11.8. The Bertz CT molecular complexity index is 951. The highest BCUT2D eigenvalue weighted by molar-refractivity contribution is 6.35. The van der Waals surface area contributed by atoms with Gasteiger partial charge in [0.1, 0.15) is 0 Å². The van der Waals surface area contributed by atoms with Gasteiger partial charge in [0.25, 0.3) is 0 Å². The van der Waals surface area contributed by atoms with Gasteiger partial charge in [0.05, 0.1) is 6.54 Å². The lowest BCUT2D eigenvalue weighted by Crippen LogP contribution is -2.31. The highest BCUT2D eigenvalue weighted by atomic mass is 35.5. The number of likely N-dealkylation sites (N-methyl/N-ethyl adjacent to an activating group) is 2. The fourth-order valence-electron chi connectivity index (χ4n) is 3.42. The molecule has 1 atom stereocenters. The lowest BCUT2D eigenvalue weighted by molar-refractivity contribution is -0.156. The van der Waals surface area contributed by atoms with Gasteiger partial charge in [-0.15, -0.1) is 0 Å². The number of carbonyl (C=O) groups excluding carboxylic acids is 2. The van der Waals surface area contributed by atoms with Crippen LogP contribution in [-0.2, 0) is 16.1 Å². The van der Waals surface area contributed by atoms with E-state index in [-0.39, 0.29) is 11.8 Å². The van der Waals surface area contributed by atoms with Crippen LogP contribution in [0.5, 0.6) is 0 Å². The number of rotatable bonds is 4. The topological polar surface area (TPSA) is 52.7 Å². The number of halogens is 5. The van der Waals surface area contributed by atoms with Gasteiger partial charge in [-0.3, -0.25) is 9.59 Å². The van der Waals surface area contributed by atoms with Crippen LogP contribution in [-0.4, -0.2) is 62.4 Å². The van der Waals surface area contributed by atoms with Crippen molar-refractivity contribution in [2.75, 3.05) is 39.5 Å². The van der Waals surface area contributed by atoms with Gasteiger partial charge >= 0.3 is 6.18 Å². The Morgan fingerprint density at radius 2 is 1.81 bits per heavy atom. The zero-order valence-corrected chi connectivity index (χ0v) is 19.4. The second-order valence-corrected chi connectivity index (χ2v) is 8.62. The second kappa shape index (κ2) is 11.1. The fourth-order valence-corrected chi connectivity index (χ4v) is 3.99. The van der Waals surface area contributed by atoms with Gasteiger partial charge in [0.2, 0.25) is 12.2 Å². The first-order chi connectivity index (χ1) is 14.9. The monoisotopic (exact) mass is 489 g/mol. The van der Waals surface area contributed by atoms with Crippen LogP contribution in [0.1, 0.15) is 22.6 Å². The molecule has 1 aliphatic heterocycles. The van der Waals surface area contributed by atoms with E-state index in [9.17, 15) is 18.0 Å². The zero-order chi connectivity index (χ0) is 24.1. The smallest absolute Gasteiger partial charge is 0.325 e. The summed E-state index contributed by atoms with van der Waals surface area (Å²) in [5, 5.41) is 4.30. The molecule has 0 saturated heterocycles. The fraction of sp³-hybridized carbons (Fsp3) is 0.364. The minimum Gasteiger partial charge on any atom is -0.325 e. The molecule has 2 aromatic rings. The van der Waals surface area contributed by atoms with E-state index in [1.165, 1.54) is 11.1 Å². The Hall–Kier alpha value is -2.13. The second-order valence-electron chi connectivity index (χ2n) is 7.77. The van der Waals surface area contributed by atoms with Crippen molar-refractivity contribution in [3.8, 4) is 0 Å². The number of hydrogen-bond donors (Lipinski definition) is 1. The maximum Gasteiger partial charge on any atom is 0.446 e. The SMILES string of the molecule is CN(C)CC(=O)Nc1ccc(C2CN(C)Cc3c(Cl)cc(Cl)cc32)cc1.O=CC(F)(F)F. The Balaban J connectivity index is 0.000000534. The van der Waals surface area contributed by atoms with Crippen molar-refractivity contribution in [3.05, 3.63) is 63.1 Å². The maximum atomic E-state index is 11.9. The van der Waals surface area contributed by atoms with Crippen molar-refractivity contribution >= 4 is 41.1 Å². The Morgan fingerprint density at radius 3 is 2.34 bits per heavy atom. The molecule has 3 rings (SSSR count).